The van der Waals surface area contributed by atoms with Crippen molar-refractivity contribution < 1.29 is 9.15 Å². The number of fused-ring (bicyclic) bond motifs is 1. The third-order valence-electron chi connectivity index (χ3n) is 6.46. The van der Waals surface area contributed by atoms with Crippen LogP contribution in [-0.4, -0.2) is 57.7 Å². The molecule has 2 aliphatic rings. The molecule has 1 saturated heterocycles. The van der Waals surface area contributed by atoms with Gasteiger partial charge in [-0.2, -0.15) is 0 Å². The minimum Gasteiger partial charge on any atom is -0.465 e. The standard InChI is InChI=1S/C23H27N5O2/c1-29-23-12-19-15-27(9-3-6-20-7-4-10-30-20)14-18(19)11-22(23)28-16-21(25-26-28)17-5-2-8-24-13-17/h2-8,10,13,16,18-19,22-23H,9,11-12,14-15H2,1H3/b6-3+/t18-,19+,22-,23-/m1/s1. The molecule has 0 spiro atoms. The largest absolute Gasteiger partial charge is 0.465 e. The molecule has 0 amide bonds. The van der Waals surface area contributed by atoms with Crippen LogP contribution in [-0.2, 0) is 4.74 Å². The fourth-order valence-corrected chi connectivity index (χ4v) is 4.96. The number of aromatic nitrogens is 4. The summed E-state index contributed by atoms with van der Waals surface area (Å²) in [4.78, 5) is 6.72. The van der Waals surface area contributed by atoms with Gasteiger partial charge in [-0.1, -0.05) is 11.3 Å². The smallest absolute Gasteiger partial charge is 0.126 e. The number of likely N-dealkylation sites (tertiary alicyclic amines) is 1. The Bertz CT molecular complexity index is 969. The van der Waals surface area contributed by atoms with E-state index < -0.39 is 0 Å². The molecule has 0 N–H and O–H groups in total. The van der Waals surface area contributed by atoms with Crippen LogP contribution in [0.4, 0.5) is 0 Å². The first-order chi connectivity index (χ1) is 14.8. The minimum atomic E-state index is 0.160. The predicted octanol–water partition coefficient (Wildman–Crippen LogP) is 3.54. The van der Waals surface area contributed by atoms with Crippen molar-refractivity contribution in [3.63, 3.8) is 0 Å². The average molecular weight is 406 g/mol. The van der Waals surface area contributed by atoms with Gasteiger partial charge in [-0.25, -0.2) is 4.68 Å². The summed E-state index contributed by atoms with van der Waals surface area (Å²) in [6.07, 6.45) is 13.9. The number of rotatable bonds is 6. The Morgan fingerprint density at radius 3 is 2.87 bits per heavy atom. The summed E-state index contributed by atoms with van der Waals surface area (Å²) in [6.45, 7) is 3.19. The lowest BCUT2D eigenvalue weighted by atomic mass is 9.77. The number of hydrogen-bond acceptors (Lipinski definition) is 6. The first-order valence-electron chi connectivity index (χ1n) is 10.6. The maximum atomic E-state index is 5.90. The third kappa shape index (κ3) is 3.95. The zero-order valence-corrected chi connectivity index (χ0v) is 17.2. The number of methoxy groups -OCH3 is 1. The molecule has 30 heavy (non-hydrogen) atoms. The molecule has 3 aromatic heterocycles. The summed E-state index contributed by atoms with van der Waals surface area (Å²) in [5.41, 5.74) is 1.85. The monoisotopic (exact) mass is 405 g/mol. The fourth-order valence-electron chi connectivity index (χ4n) is 4.96. The number of nitrogens with zero attached hydrogens (tertiary/aromatic N) is 5. The van der Waals surface area contributed by atoms with Gasteiger partial charge < -0.3 is 9.15 Å². The SMILES string of the molecule is CO[C@@H]1C[C@H]2CN(C/C=C/c3ccco3)C[C@H]2C[C@H]1n1cc(-c2cccnc2)nn1. The predicted molar refractivity (Wildman–Crippen MR) is 113 cm³/mol. The number of hydrogen-bond donors (Lipinski definition) is 0. The van der Waals surface area contributed by atoms with E-state index in [1.54, 1.807) is 12.5 Å². The van der Waals surface area contributed by atoms with Crippen LogP contribution in [0.15, 0.2) is 59.6 Å². The Hall–Kier alpha value is -2.77. The van der Waals surface area contributed by atoms with E-state index in [1.165, 1.54) is 0 Å². The molecule has 156 valence electrons. The van der Waals surface area contributed by atoms with Crippen LogP contribution in [0.5, 0.6) is 0 Å². The molecule has 5 rings (SSSR count). The molecule has 0 bridgehead atoms. The summed E-state index contributed by atoms with van der Waals surface area (Å²) in [5.74, 6) is 2.23. The van der Waals surface area contributed by atoms with E-state index in [4.69, 9.17) is 9.15 Å². The second-order valence-corrected chi connectivity index (χ2v) is 8.29. The quantitative estimate of drug-likeness (QED) is 0.625. The molecule has 7 nitrogen and oxygen atoms in total. The van der Waals surface area contributed by atoms with Crippen molar-refractivity contribution in [3.05, 3.63) is 61.0 Å². The number of furan rings is 1. The van der Waals surface area contributed by atoms with Crippen LogP contribution in [0, 0.1) is 11.8 Å². The van der Waals surface area contributed by atoms with Crippen molar-refractivity contribution in [1.29, 1.82) is 0 Å². The highest BCUT2D eigenvalue weighted by Crippen LogP contribution is 2.42. The second kappa shape index (κ2) is 8.53. The van der Waals surface area contributed by atoms with Gasteiger partial charge >= 0.3 is 0 Å². The van der Waals surface area contributed by atoms with Gasteiger partial charge in [0.2, 0.25) is 0 Å². The average Bonchev–Trinajstić information content (AvgIpc) is 3.53. The van der Waals surface area contributed by atoms with E-state index in [2.05, 4.69) is 32.3 Å². The summed E-state index contributed by atoms with van der Waals surface area (Å²) in [6, 6.07) is 8.04. The molecule has 4 atom stereocenters. The molecule has 3 aromatic rings. The maximum absolute atomic E-state index is 5.90. The molecule has 4 heterocycles. The zero-order chi connectivity index (χ0) is 20.3. The zero-order valence-electron chi connectivity index (χ0n) is 17.2. The van der Waals surface area contributed by atoms with E-state index in [0.29, 0.717) is 11.8 Å². The van der Waals surface area contributed by atoms with Gasteiger partial charge in [0.25, 0.3) is 0 Å². The molecular weight excluding hydrogens is 378 g/mol. The minimum absolute atomic E-state index is 0.160. The summed E-state index contributed by atoms with van der Waals surface area (Å²) in [7, 11) is 1.82. The Kier molecular flexibility index (Phi) is 5.46. The molecule has 0 radical (unpaired) electrons. The lowest BCUT2D eigenvalue weighted by Gasteiger charge is -2.37. The Balaban J connectivity index is 1.26. The van der Waals surface area contributed by atoms with Gasteiger partial charge in [0.1, 0.15) is 11.5 Å². The molecule has 7 heteroatoms. The van der Waals surface area contributed by atoms with E-state index in [0.717, 1.165) is 49.5 Å². The molecule has 1 aliphatic heterocycles. The first kappa shape index (κ1) is 19.2. The molecule has 0 aromatic carbocycles. The van der Waals surface area contributed by atoms with E-state index >= 15 is 0 Å². The maximum Gasteiger partial charge on any atom is 0.126 e. The van der Waals surface area contributed by atoms with E-state index in [9.17, 15) is 0 Å². The van der Waals surface area contributed by atoms with Crippen LogP contribution in [0.1, 0.15) is 24.6 Å². The van der Waals surface area contributed by atoms with Crippen LogP contribution in [0.3, 0.4) is 0 Å². The highest BCUT2D eigenvalue weighted by atomic mass is 16.5. The van der Waals surface area contributed by atoms with E-state index in [1.807, 2.05) is 48.5 Å². The lowest BCUT2D eigenvalue weighted by Crippen LogP contribution is -2.37. The van der Waals surface area contributed by atoms with Gasteiger partial charge in [0.05, 0.1) is 24.6 Å². The van der Waals surface area contributed by atoms with Crippen molar-refractivity contribution >= 4 is 6.08 Å². The van der Waals surface area contributed by atoms with Crippen LogP contribution < -0.4 is 0 Å². The number of ether oxygens (including phenoxy) is 1. The van der Waals surface area contributed by atoms with Gasteiger partial charge in [0.15, 0.2) is 0 Å². The topological polar surface area (TPSA) is 69.2 Å². The Morgan fingerprint density at radius 2 is 2.10 bits per heavy atom. The molecular formula is C23H27N5O2. The normalized spacial score (nSPS) is 27.0. The lowest BCUT2D eigenvalue weighted by molar-refractivity contribution is -0.00544. The molecule has 0 unspecified atom stereocenters. The third-order valence-corrected chi connectivity index (χ3v) is 6.46. The van der Waals surface area contributed by atoms with Crippen LogP contribution in [0.2, 0.25) is 0 Å². The Morgan fingerprint density at radius 1 is 1.20 bits per heavy atom. The van der Waals surface area contributed by atoms with Gasteiger partial charge in [-0.05, 0) is 55.0 Å². The van der Waals surface area contributed by atoms with Crippen molar-refractivity contribution in [1.82, 2.24) is 24.9 Å². The van der Waals surface area contributed by atoms with Crippen molar-refractivity contribution in [3.8, 4) is 11.3 Å². The van der Waals surface area contributed by atoms with Gasteiger partial charge in [0, 0.05) is 44.7 Å². The van der Waals surface area contributed by atoms with Crippen molar-refractivity contribution in [2.24, 2.45) is 11.8 Å². The first-order valence-corrected chi connectivity index (χ1v) is 10.6. The number of pyridine rings is 1. The fraction of sp³-hybridized carbons (Fsp3) is 0.435. The van der Waals surface area contributed by atoms with Gasteiger partial charge in [-0.15, -0.1) is 5.10 Å². The summed E-state index contributed by atoms with van der Waals surface area (Å²) < 4.78 is 13.3. The Labute approximate surface area is 176 Å². The highest BCUT2D eigenvalue weighted by molar-refractivity contribution is 5.55. The second-order valence-electron chi connectivity index (χ2n) is 8.29. The highest BCUT2D eigenvalue weighted by Gasteiger charge is 2.43. The molecule has 1 saturated carbocycles. The van der Waals surface area contributed by atoms with E-state index in [-0.39, 0.29) is 12.1 Å². The van der Waals surface area contributed by atoms with Gasteiger partial charge in [-0.3, -0.25) is 9.88 Å². The molecule has 2 fully saturated rings. The molecule has 1 aliphatic carbocycles. The van der Waals surface area contributed by atoms with Crippen molar-refractivity contribution in [2.45, 2.75) is 25.0 Å². The van der Waals surface area contributed by atoms with Crippen molar-refractivity contribution in [2.75, 3.05) is 26.7 Å². The van der Waals surface area contributed by atoms with Crippen LogP contribution in [0.25, 0.3) is 17.3 Å². The summed E-state index contributed by atoms with van der Waals surface area (Å²) in [5, 5.41) is 8.83. The van der Waals surface area contributed by atoms with Crippen LogP contribution >= 0.6 is 0 Å². The summed E-state index contributed by atoms with van der Waals surface area (Å²) >= 11 is 0.